The first-order chi connectivity index (χ1) is 4.68. The molecule has 0 aromatic heterocycles. The van der Waals surface area contributed by atoms with Crippen molar-refractivity contribution in [2.24, 2.45) is 0 Å². The fourth-order valence-corrected chi connectivity index (χ4v) is 1.16. The Morgan fingerprint density at radius 2 is 2.40 bits per heavy atom. The molecule has 10 heavy (non-hydrogen) atoms. The lowest BCUT2D eigenvalue weighted by molar-refractivity contribution is -0.137. The predicted molar refractivity (Wildman–Crippen MR) is 34.7 cm³/mol. The zero-order chi connectivity index (χ0) is 7.56. The van der Waals surface area contributed by atoms with Gasteiger partial charge in [-0.3, -0.25) is 4.79 Å². The lowest BCUT2D eigenvalue weighted by atomic mass is 10.1. The third-order valence-electron chi connectivity index (χ3n) is 1.62. The quantitative estimate of drug-likeness (QED) is 0.475. The molecule has 1 aliphatic rings. The molecule has 0 unspecified atom stereocenters. The molecule has 0 aromatic rings. The Kier molecular flexibility index (Phi) is 2.24. The Labute approximate surface area is 58.9 Å². The van der Waals surface area contributed by atoms with Crippen LogP contribution in [0.15, 0.2) is 0 Å². The van der Waals surface area contributed by atoms with E-state index in [-0.39, 0.29) is 18.6 Å². The van der Waals surface area contributed by atoms with Crippen LogP contribution in [0.4, 0.5) is 0 Å². The average molecular weight is 145 g/mol. The molecule has 3 N–H and O–H groups in total. The molecule has 0 bridgehead atoms. The minimum absolute atomic E-state index is 0.0347. The van der Waals surface area contributed by atoms with Gasteiger partial charge in [-0.05, 0) is 6.42 Å². The number of aliphatic hydroxyl groups excluding tert-OH is 1. The number of carboxylic acids is 1. The molecule has 0 saturated carbocycles. The molecule has 0 spiro atoms. The summed E-state index contributed by atoms with van der Waals surface area (Å²) >= 11 is 0. The Morgan fingerprint density at radius 3 is 2.80 bits per heavy atom. The summed E-state index contributed by atoms with van der Waals surface area (Å²) in [5, 5.41) is 20.2. The third kappa shape index (κ3) is 1.97. The largest absolute Gasteiger partial charge is 0.481 e. The lowest BCUT2D eigenvalue weighted by Crippen LogP contribution is -2.24. The van der Waals surface area contributed by atoms with Crippen LogP contribution in [0.5, 0.6) is 0 Å². The van der Waals surface area contributed by atoms with Gasteiger partial charge in [0, 0.05) is 12.6 Å². The fraction of sp³-hybridized carbons (Fsp3) is 0.833. The standard InChI is InChI=1S/C6H11NO3/c8-5-1-4(7-3-5)2-6(9)10/h4-5,7-8H,1-3H2,(H,9,10)/t4-,5+/m0/s1. The van der Waals surface area contributed by atoms with Gasteiger partial charge in [0.1, 0.15) is 0 Å². The summed E-state index contributed by atoms with van der Waals surface area (Å²) in [6, 6.07) is -0.0347. The van der Waals surface area contributed by atoms with Gasteiger partial charge >= 0.3 is 5.97 Å². The lowest BCUT2D eigenvalue weighted by Gasteiger charge is -2.03. The zero-order valence-electron chi connectivity index (χ0n) is 5.58. The second kappa shape index (κ2) is 2.98. The van der Waals surface area contributed by atoms with Crippen LogP contribution in [0.1, 0.15) is 12.8 Å². The Morgan fingerprint density at radius 1 is 1.70 bits per heavy atom. The first-order valence-corrected chi connectivity index (χ1v) is 3.31. The van der Waals surface area contributed by atoms with E-state index in [1.54, 1.807) is 0 Å². The number of hydrogen-bond acceptors (Lipinski definition) is 3. The van der Waals surface area contributed by atoms with Gasteiger partial charge in [-0.25, -0.2) is 0 Å². The summed E-state index contributed by atoms with van der Waals surface area (Å²) in [5.41, 5.74) is 0. The molecule has 0 amide bonds. The molecule has 1 fully saturated rings. The van der Waals surface area contributed by atoms with Crippen LogP contribution in [0, 0.1) is 0 Å². The number of aliphatic carboxylic acids is 1. The van der Waals surface area contributed by atoms with E-state index in [1.165, 1.54) is 0 Å². The van der Waals surface area contributed by atoms with Crippen molar-refractivity contribution < 1.29 is 15.0 Å². The van der Waals surface area contributed by atoms with Gasteiger partial charge in [0.15, 0.2) is 0 Å². The number of rotatable bonds is 2. The second-order valence-electron chi connectivity index (χ2n) is 2.59. The van der Waals surface area contributed by atoms with E-state index >= 15 is 0 Å². The summed E-state index contributed by atoms with van der Waals surface area (Å²) in [6.07, 6.45) is 0.313. The van der Waals surface area contributed by atoms with Crippen molar-refractivity contribution in [2.75, 3.05) is 6.54 Å². The smallest absolute Gasteiger partial charge is 0.304 e. The van der Waals surface area contributed by atoms with Crippen LogP contribution >= 0.6 is 0 Å². The molecule has 58 valence electrons. The molecular formula is C6H11NO3. The monoisotopic (exact) mass is 145 g/mol. The molecule has 4 nitrogen and oxygen atoms in total. The van der Waals surface area contributed by atoms with Gasteiger partial charge in [0.05, 0.1) is 12.5 Å². The zero-order valence-corrected chi connectivity index (χ0v) is 5.58. The normalized spacial score (nSPS) is 32.5. The molecule has 4 heteroatoms. The SMILES string of the molecule is O=C(O)C[C@@H]1C[C@@H](O)CN1. The number of hydrogen-bond donors (Lipinski definition) is 3. The number of carboxylic acid groups (broad SMARTS) is 1. The Hall–Kier alpha value is -0.610. The van der Waals surface area contributed by atoms with E-state index in [4.69, 9.17) is 10.2 Å². The summed E-state index contributed by atoms with van der Waals surface area (Å²) < 4.78 is 0. The van der Waals surface area contributed by atoms with Crippen LogP contribution in [0.25, 0.3) is 0 Å². The molecule has 0 aliphatic carbocycles. The number of β-amino-alcohol motifs (C(OH)–C–C–N with tert-alkyl or cyclic N) is 1. The summed E-state index contributed by atoms with van der Waals surface area (Å²) in [5.74, 6) is -0.813. The molecule has 1 heterocycles. The highest BCUT2D eigenvalue weighted by Gasteiger charge is 2.23. The second-order valence-corrected chi connectivity index (χ2v) is 2.59. The minimum atomic E-state index is -0.813. The van der Waals surface area contributed by atoms with E-state index < -0.39 is 5.97 Å². The molecule has 0 aromatic carbocycles. The van der Waals surface area contributed by atoms with E-state index in [2.05, 4.69) is 5.32 Å². The van der Waals surface area contributed by atoms with Crippen molar-refractivity contribution in [3.63, 3.8) is 0 Å². The molecule has 0 radical (unpaired) electrons. The van der Waals surface area contributed by atoms with Crippen LogP contribution in [0.2, 0.25) is 0 Å². The highest BCUT2D eigenvalue weighted by atomic mass is 16.4. The van der Waals surface area contributed by atoms with Gasteiger partial charge in [0.2, 0.25) is 0 Å². The van der Waals surface area contributed by atoms with Crippen LogP contribution < -0.4 is 5.32 Å². The topological polar surface area (TPSA) is 69.6 Å². The Bertz CT molecular complexity index is 137. The minimum Gasteiger partial charge on any atom is -0.481 e. The van der Waals surface area contributed by atoms with Crippen molar-refractivity contribution in [3.05, 3.63) is 0 Å². The maximum Gasteiger partial charge on any atom is 0.304 e. The van der Waals surface area contributed by atoms with E-state index in [0.29, 0.717) is 13.0 Å². The van der Waals surface area contributed by atoms with Crippen LogP contribution in [-0.2, 0) is 4.79 Å². The van der Waals surface area contributed by atoms with Crippen molar-refractivity contribution in [3.8, 4) is 0 Å². The average Bonchev–Trinajstić information content (AvgIpc) is 2.13. The van der Waals surface area contributed by atoms with Gasteiger partial charge in [0.25, 0.3) is 0 Å². The van der Waals surface area contributed by atoms with Crippen LogP contribution in [-0.4, -0.2) is 34.9 Å². The third-order valence-corrected chi connectivity index (χ3v) is 1.62. The molecular weight excluding hydrogens is 134 g/mol. The van der Waals surface area contributed by atoms with E-state index in [1.807, 2.05) is 0 Å². The maximum absolute atomic E-state index is 10.1. The maximum atomic E-state index is 10.1. The Balaban J connectivity index is 2.24. The van der Waals surface area contributed by atoms with Crippen molar-refractivity contribution >= 4 is 5.97 Å². The van der Waals surface area contributed by atoms with Gasteiger partial charge in [-0.15, -0.1) is 0 Å². The van der Waals surface area contributed by atoms with Gasteiger partial charge in [-0.2, -0.15) is 0 Å². The molecule has 1 aliphatic heterocycles. The first kappa shape index (κ1) is 7.50. The summed E-state index contributed by atoms with van der Waals surface area (Å²) in [6.45, 7) is 0.526. The van der Waals surface area contributed by atoms with Crippen molar-refractivity contribution in [1.82, 2.24) is 5.32 Å². The van der Waals surface area contributed by atoms with Gasteiger partial charge < -0.3 is 15.5 Å². The summed E-state index contributed by atoms with van der Waals surface area (Å²) in [4.78, 5) is 10.1. The molecule has 1 rings (SSSR count). The van der Waals surface area contributed by atoms with Gasteiger partial charge in [-0.1, -0.05) is 0 Å². The van der Waals surface area contributed by atoms with E-state index in [9.17, 15) is 4.79 Å². The highest BCUT2D eigenvalue weighted by Crippen LogP contribution is 2.08. The predicted octanol–water partition coefficient (Wildman–Crippen LogP) is -0.816. The molecule has 1 saturated heterocycles. The summed E-state index contributed by atoms with van der Waals surface area (Å²) in [7, 11) is 0. The number of nitrogens with one attached hydrogen (secondary N) is 1. The first-order valence-electron chi connectivity index (χ1n) is 3.31. The molecule has 2 atom stereocenters. The number of carbonyl (C=O) groups is 1. The van der Waals surface area contributed by atoms with Crippen LogP contribution in [0.3, 0.4) is 0 Å². The van der Waals surface area contributed by atoms with Crippen molar-refractivity contribution in [2.45, 2.75) is 25.0 Å². The number of aliphatic hydroxyl groups is 1. The highest BCUT2D eigenvalue weighted by molar-refractivity contribution is 5.67. The fourth-order valence-electron chi connectivity index (χ4n) is 1.16. The van der Waals surface area contributed by atoms with E-state index in [0.717, 1.165) is 0 Å². The van der Waals surface area contributed by atoms with Crippen molar-refractivity contribution in [1.29, 1.82) is 0 Å².